The predicted octanol–water partition coefficient (Wildman–Crippen LogP) is 3.89. The Bertz CT molecular complexity index is 593. The summed E-state index contributed by atoms with van der Waals surface area (Å²) in [6, 6.07) is 7.72. The summed E-state index contributed by atoms with van der Waals surface area (Å²) >= 11 is 7.67. The van der Waals surface area contributed by atoms with Gasteiger partial charge in [-0.05, 0) is 44.0 Å². The number of hydrogen-bond acceptors (Lipinski definition) is 4. The Hall–Kier alpha value is -1.04. The SMILES string of the molecule is CCn1c(SCC2CCCO2)nnc1-c1ccc(Cl)cc1. The average molecular weight is 324 g/mol. The normalized spacial score (nSPS) is 18.3. The van der Waals surface area contributed by atoms with Gasteiger partial charge in [-0.15, -0.1) is 10.2 Å². The van der Waals surface area contributed by atoms with Crippen LogP contribution in [-0.2, 0) is 11.3 Å². The highest BCUT2D eigenvalue weighted by Gasteiger charge is 2.18. The van der Waals surface area contributed by atoms with Crippen molar-refractivity contribution in [1.82, 2.24) is 14.8 Å². The molecule has 1 aliphatic heterocycles. The van der Waals surface area contributed by atoms with Gasteiger partial charge in [0.05, 0.1) is 6.10 Å². The maximum absolute atomic E-state index is 5.94. The van der Waals surface area contributed by atoms with Gasteiger partial charge in [0.15, 0.2) is 11.0 Å². The third kappa shape index (κ3) is 3.42. The largest absolute Gasteiger partial charge is 0.377 e. The van der Waals surface area contributed by atoms with Crippen LogP contribution in [0.5, 0.6) is 0 Å². The first-order valence-corrected chi connectivity index (χ1v) is 8.58. The van der Waals surface area contributed by atoms with Gasteiger partial charge >= 0.3 is 0 Å². The lowest BCUT2D eigenvalue weighted by Crippen LogP contribution is -2.09. The van der Waals surface area contributed by atoms with E-state index in [0.29, 0.717) is 6.10 Å². The van der Waals surface area contributed by atoms with Crippen LogP contribution in [0.25, 0.3) is 11.4 Å². The molecule has 0 aliphatic carbocycles. The summed E-state index contributed by atoms with van der Waals surface area (Å²) in [5, 5.41) is 10.4. The molecule has 1 aromatic carbocycles. The molecule has 0 spiro atoms. The fourth-order valence-corrected chi connectivity index (χ4v) is 3.63. The van der Waals surface area contributed by atoms with Crippen molar-refractivity contribution in [3.8, 4) is 11.4 Å². The van der Waals surface area contributed by atoms with Crippen molar-refractivity contribution in [2.75, 3.05) is 12.4 Å². The van der Waals surface area contributed by atoms with Crippen molar-refractivity contribution in [3.05, 3.63) is 29.3 Å². The molecule has 4 nitrogen and oxygen atoms in total. The van der Waals surface area contributed by atoms with Crippen molar-refractivity contribution in [2.45, 2.75) is 37.6 Å². The zero-order chi connectivity index (χ0) is 14.7. The summed E-state index contributed by atoms with van der Waals surface area (Å²) < 4.78 is 7.80. The number of hydrogen-bond donors (Lipinski definition) is 0. The van der Waals surface area contributed by atoms with Crippen LogP contribution < -0.4 is 0 Å². The van der Waals surface area contributed by atoms with Crippen LogP contribution in [0.15, 0.2) is 29.4 Å². The Morgan fingerprint density at radius 2 is 2.14 bits per heavy atom. The quantitative estimate of drug-likeness (QED) is 0.783. The number of ether oxygens (including phenoxy) is 1. The van der Waals surface area contributed by atoms with Gasteiger partial charge in [-0.25, -0.2) is 0 Å². The second kappa shape index (κ2) is 6.81. The van der Waals surface area contributed by atoms with Crippen LogP contribution in [0.4, 0.5) is 0 Å². The second-order valence-corrected chi connectivity index (χ2v) is 6.43. The third-order valence-corrected chi connectivity index (χ3v) is 4.91. The Labute approximate surface area is 133 Å². The minimum Gasteiger partial charge on any atom is -0.377 e. The number of halogens is 1. The highest BCUT2D eigenvalue weighted by molar-refractivity contribution is 7.99. The van der Waals surface area contributed by atoms with Gasteiger partial charge in [0.1, 0.15) is 0 Å². The van der Waals surface area contributed by atoms with Crippen molar-refractivity contribution in [2.24, 2.45) is 0 Å². The van der Waals surface area contributed by atoms with E-state index in [1.54, 1.807) is 11.8 Å². The van der Waals surface area contributed by atoms with E-state index in [2.05, 4.69) is 21.7 Å². The van der Waals surface area contributed by atoms with Gasteiger partial charge in [0, 0.05) is 29.5 Å². The van der Waals surface area contributed by atoms with Crippen LogP contribution in [0, 0.1) is 0 Å². The Morgan fingerprint density at radius 3 is 2.81 bits per heavy atom. The molecule has 21 heavy (non-hydrogen) atoms. The van der Waals surface area contributed by atoms with E-state index >= 15 is 0 Å². The first kappa shape index (κ1) is 14.9. The standard InChI is InChI=1S/C15H18ClN3OS/c1-2-19-14(11-5-7-12(16)8-6-11)17-18-15(19)21-10-13-4-3-9-20-13/h5-8,13H,2-4,9-10H2,1H3. The molecule has 0 radical (unpaired) electrons. The second-order valence-electron chi connectivity index (χ2n) is 5.00. The maximum atomic E-state index is 5.94. The highest BCUT2D eigenvalue weighted by atomic mass is 35.5. The van der Waals surface area contributed by atoms with E-state index in [-0.39, 0.29) is 0 Å². The van der Waals surface area contributed by atoms with E-state index in [9.17, 15) is 0 Å². The summed E-state index contributed by atoms with van der Waals surface area (Å²) in [6.07, 6.45) is 2.68. The minimum absolute atomic E-state index is 0.357. The first-order chi connectivity index (χ1) is 10.3. The van der Waals surface area contributed by atoms with E-state index in [4.69, 9.17) is 16.3 Å². The molecule has 1 unspecified atom stereocenters. The molecule has 1 saturated heterocycles. The summed E-state index contributed by atoms with van der Waals surface area (Å²) in [5.74, 6) is 1.84. The molecular weight excluding hydrogens is 306 g/mol. The van der Waals surface area contributed by atoms with Gasteiger partial charge in [-0.1, -0.05) is 23.4 Å². The summed E-state index contributed by atoms with van der Waals surface area (Å²) in [5.41, 5.74) is 1.04. The van der Waals surface area contributed by atoms with Crippen molar-refractivity contribution in [3.63, 3.8) is 0 Å². The zero-order valence-electron chi connectivity index (χ0n) is 12.0. The van der Waals surface area contributed by atoms with Gasteiger partial charge in [-0.2, -0.15) is 0 Å². The molecule has 2 aromatic rings. The van der Waals surface area contributed by atoms with Crippen LogP contribution in [0.1, 0.15) is 19.8 Å². The third-order valence-electron chi connectivity index (χ3n) is 3.56. The number of benzene rings is 1. The molecule has 0 bridgehead atoms. The van der Waals surface area contributed by atoms with Crippen molar-refractivity contribution in [1.29, 1.82) is 0 Å². The summed E-state index contributed by atoms with van der Waals surface area (Å²) in [4.78, 5) is 0. The molecule has 0 saturated carbocycles. The average Bonchev–Trinajstić information content (AvgIpc) is 3.15. The monoisotopic (exact) mass is 323 g/mol. The molecule has 0 amide bonds. The predicted molar refractivity (Wildman–Crippen MR) is 85.8 cm³/mol. The first-order valence-electron chi connectivity index (χ1n) is 7.21. The van der Waals surface area contributed by atoms with E-state index < -0.39 is 0 Å². The maximum Gasteiger partial charge on any atom is 0.191 e. The number of nitrogens with zero attached hydrogens (tertiary/aromatic N) is 3. The molecule has 1 atom stereocenters. The molecular formula is C15H18ClN3OS. The van der Waals surface area contributed by atoms with Crippen molar-refractivity contribution < 1.29 is 4.74 Å². The summed E-state index contributed by atoms with van der Waals surface area (Å²) in [7, 11) is 0. The van der Waals surface area contributed by atoms with Gasteiger partial charge in [-0.3, -0.25) is 0 Å². The molecule has 2 heterocycles. The number of aromatic nitrogens is 3. The lowest BCUT2D eigenvalue weighted by molar-refractivity contribution is 0.129. The molecule has 1 aliphatic rings. The van der Waals surface area contributed by atoms with Crippen LogP contribution >= 0.6 is 23.4 Å². The summed E-state index contributed by atoms with van der Waals surface area (Å²) in [6.45, 7) is 3.85. The van der Waals surface area contributed by atoms with E-state index in [0.717, 1.165) is 46.9 Å². The van der Waals surface area contributed by atoms with E-state index in [1.165, 1.54) is 6.42 Å². The Kier molecular flexibility index (Phi) is 4.83. The van der Waals surface area contributed by atoms with Crippen molar-refractivity contribution >= 4 is 23.4 Å². The van der Waals surface area contributed by atoms with Gasteiger partial charge in [0.2, 0.25) is 0 Å². The molecule has 3 rings (SSSR count). The number of thioether (sulfide) groups is 1. The van der Waals surface area contributed by atoms with Gasteiger partial charge < -0.3 is 9.30 Å². The zero-order valence-corrected chi connectivity index (χ0v) is 13.5. The molecule has 0 N–H and O–H groups in total. The molecule has 1 aromatic heterocycles. The Balaban J connectivity index is 1.77. The van der Waals surface area contributed by atoms with Crippen LogP contribution in [0.3, 0.4) is 0 Å². The lowest BCUT2D eigenvalue weighted by atomic mass is 10.2. The van der Waals surface area contributed by atoms with E-state index in [1.807, 2.05) is 24.3 Å². The fourth-order valence-electron chi connectivity index (χ4n) is 2.44. The smallest absolute Gasteiger partial charge is 0.191 e. The topological polar surface area (TPSA) is 39.9 Å². The number of rotatable bonds is 5. The minimum atomic E-state index is 0.357. The lowest BCUT2D eigenvalue weighted by Gasteiger charge is -2.10. The van der Waals surface area contributed by atoms with Crippen LogP contribution in [-0.4, -0.2) is 33.2 Å². The Morgan fingerprint density at radius 1 is 1.33 bits per heavy atom. The molecule has 6 heteroatoms. The fraction of sp³-hybridized carbons (Fsp3) is 0.467. The highest BCUT2D eigenvalue weighted by Crippen LogP contribution is 2.27. The van der Waals surface area contributed by atoms with Gasteiger partial charge in [0.25, 0.3) is 0 Å². The molecule has 112 valence electrons. The molecule has 1 fully saturated rings. The van der Waals surface area contributed by atoms with Crippen LogP contribution in [0.2, 0.25) is 5.02 Å².